The van der Waals surface area contributed by atoms with Crippen LogP contribution in [0.3, 0.4) is 0 Å². The molecule has 0 bridgehead atoms. The number of hydrogen-bond donors (Lipinski definition) is 1. The average molecular weight is 292 g/mol. The van der Waals surface area contributed by atoms with Crippen LogP contribution < -0.4 is 5.56 Å². The number of nitrogens with zero attached hydrogens (tertiary/aromatic N) is 2. The normalized spacial score (nSPS) is 15.6. The number of rotatable bonds is 1. The lowest BCUT2D eigenvalue weighted by Crippen LogP contribution is -2.25. The molecule has 0 radical (unpaired) electrons. The van der Waals surface area contributed by atoms with E-state index in [2.05, 4.69) is 19.9 Å². The molecule has 0 atom stereocenters. The van der Waals surface area contributed by atoms with Gasteiger partial charge in [0.15, 0.2) is 5.75 Å². The highest BCUT2D eigenvalue weighted by Crippen LogP contribution is 2.37. The zero-order chi connectivity index (χ0) is 15.9. The van der Waals surface area contributed by atoms with E-state index < -0.39 is 5.56 Å². The Labute approximate surface area is 128 Å². The van der Waals surface area contributed by atoms with Crippen molar-refractivity contribution in [2.45, 2.75) is 20.3 Å². The van der Waals surface area contributed by atoms with Gasteiger partial charge in [0, 0.05) is 11.8 Å². The lowest BCUT2D eigenvalue weighted by atomic mass is 9.77. The molecule has 3 rings (SSSR count). The predicted octanol–water partition coefficient (Wildman–Crippen LogP) is 2.90. The molecule has 2 aromatic rings. The molecule has 1 aromatic heterocycles. The van der Waals surface area contributed by atoms with Crippen LogP contribution in [0, 0.1) is 16.7 Å². The summed E-state index contributed by atoms with van der Waals surface area (Å²) in [5.41, 5.74) is 2.66. The van der Waals surface area contributed by atoms with Crippen LogP contribution in [-0.4, -0.2) is 9.67 Å². The minimum absolute atomic E-state index is 0.110. The van der Waals surface area contributed by atoms with Crippen LogP contribution in [0.4, 0.5) is 0 Å². The van der Waals surface area contributed by atoms with Gasteiger partial charge in [-0.25, -0.2) is 0 Å². The summed E-state index contributed by atoms with van der Waals surface area (Å²) >= 11 is 0. The highest BCUT2D eigenvalue weighted by atomic mass is 16.3. The van der Waals surface area contributed by atoms with E-state index in [-0.39, 0.29) is 11.2 Å². The Morgan fingerprint density at radius 2 is 2.09 bits per heavy atom. The second kappa shape index (κ2) is 4.88. The van der Waals surface area contributed by atoms with Gasteiger partial charge in [0.1, 0.15) is 0 Å². The van der Waals surface area contributed by atoms with E-state index in [1.165, 1.54) is 10.6 Å². The molecule has 0 saturated heterocycles. The van der Waals surface area contributed by atoms with E-state index >= 15 is 0 Å². The first-order chi connectivity index (χ1) is 10.4. The number of nitriles is 1. The fourth-order valence-corrected chi connectivity index (χ4v) is 2.90. The molecule has 1 aromatic carbocycles. The average Bonchev–Trinajstić information content (AvgIpc) is 2.48. The van der Waals surface area contributed by atoms with Crippen LogP contribution in [0.1, 0.15) is 30.5 Å². The smallest absolute Gasteiger partial charge is 0.297 e. The molecule has 0 saturated carbocycles. The monoisotopic (exact) mass is 292 g/mol. The first-order valence-corrected chi connectivity index (χ1v) is 7.08. The van der Waals surface area contributed by atoms with E-state index in [1.54, 1.807) is 24.4 Å². The minimum atomic E-state index is -0.459. The summed E-state index contributed by atoms with van der Waals surface area (Å²) in [5, 5.41) is 18.8. The molecule has 4 heteroatoms. The van der Waals surface area contributed by atoms with Crippen molar-refractivity contribution in [1.29, 1.82) is 5.26 Å². The Balaban J connectivity index is 2.30. The Morgan fingerprint density at radius 1 is 1.32 bits per heavy atom. The lowest BCUT2D eigenvalue weighted by Gasteiger charge is -2.30. The van der Waals surface area contributed by atoms with Crippen molar-refractivity contribution in [3.63, 3.8) is 0 Å². The third-order valence-electron chi connectivity index (χ3n) is 3.88. The highest BCUT2D eigenvalue weighted by molar-refractivity contribution is 5.72. The van der Waals surface area contributed by atoms with E-state index in [1.807, 2.05) is 12.1 Å². The molecule has 0 spiro atoms. The summed E-state index contributed by atoms with van der Waals surface area (Å²) in [5.74, 6) is -0.287. The molecule has 22 heavy (non-hydrogen) atoms. The molecule has 0 amide bonds. The van der Waals surface area contributed by atoms with Gasteiger partial charge in [-0.3, -0.25) is 9.36 Å². The molecule has 1 heterocycles. The third-order valence-corrected chi connectivity index (χ3v) is 3.88. The van der Waals surface area contributed by atoms with Crippen LogP contribution in [0.15, 0.2) is 47.4 Å². The van der Waals surface area contributed by atoms with Crippen molar-refractivity contribution in [2.75, 3.05) is 0 Å². The second-order valence-electron chi connectivity index (χ2n) is 6.25. The molecular formula is C18H16N2O2. The molecule has 1 aliphatic carbocycles. The van der Waals surface area contributed by atoms with Crippen LogP contribution in [0.5, 0.6) is 5.75 Å². The minimum Gasteiger partial charge on any atom is -0.503 e. The largest absolute Gasteiger partial charge is 0.503 e. The summed E-state index contributed by atoms with van der Waals surface area (Å²) in [4.78, 5) is 12.3. The fraction of sp³-hybridized carbons (Fsp3) is 0.222. The summed E-state index contributed by atoms with van der Waals surface area (Å²) in [6.07, 6.45) is 4.50. The van der Waals surface area contributed by atoms with E-state index in [4.69, 9.17) is 5.26 Å². The molecule has 1 aliphatic rings. The number of benzene rings is 1. The van der Waals surface area contributed by atoms with Crippen molar-refractivity contribution < 1.29 is 5.11 Å². The van der Waals surface area contributed by atoms with Gasteiger partial charge < -0.3 is 5.11 Å². The molecule has 0 fully saturated rings. The van der Waals surface area contributed by atoms with Crippen LogP contribution >= 0.6 is 0 Å². The molecule has 0 aliphatic heterocycles. The number of pyridine rings is 1. The lowest BCUT2D eigenvalue weighted by molar-refractivity contribution is 0.459. The van der Waals surface area contributed by atoms with Crippen LogP contribution in [0.2, 0.25) is 0 Å². The number of aromatic hydroxyl groups is 1. The van der Waals surface area contributed by atoms with Crippen molar-refractivity contribution >= 4 is 5.70 Å². The van der Waals surface area contributed by atoms with Gasteiger partial charge >= 0.3 is 0 Å². The summed E-state index contributed by atoms with van der Waals surface area (Å²) in [7, 11) is 0. The van der Waals surface area contributed by atoms with Crippen molar-refractivity contribution in [3.05, 3.63) is 69.6 Å². The van der Waals surface area contributed by atoms with Gasteiger partial charge in [-0.15, -0.1) is 0 Å². The van der Waals surface area contributed by atoms with Crippen molar-refractivity contribution in [1.82, 2.24) is 4.57 Å². The van der Waals surface area contributed by atoms with Gasteiger partial charge in [0.2, 0.25) is 0 Å². The molecule has 1 N–H and O–H groups in total. The zero-order valence-electron chi connectivity index (χ0n) is 12.5. The number of hydrogen-bond acceptors (Lipinski definition) is 3. The quantitative estimate of drug-likeness (QED) is 0.879. The van der Waals surface area contributed by atoms with Crippen molar-refractivity contribution in [3.8, 4) is 11.8 Å². The number of allylic oxidation sites excluding steroid dienone is 1. The molecular weight excluding hydrogens is 276 g/mol. The van der Waals surface area contributed by atoms with Gasteiger partial charge in [0.05, 0.1) is 17.3 Å². The topological polar surface area (TPSA) is 66.0 Å². The van der Waals surface area contributed by atoms with Crippen LogP contribution in [-0.2, 0) is 6.42 Å². The SMILES string of the molecule is CC1(C)C=C(n2cccc(O)c2=O)c2cc(C#N)ccc2C1. The van der Waals surface area contributed by atoms with Gasteiger partial charge in [0.25, 0.3) is 5.56 Å². The first-order valence-electron chi connectivity index (χ1n) is 7.08. The fourth-order valence-electron chi connectivity index (χ4n) is 2.90. The maximum absolute atomic E-state index is 12.3. The summed E-state index contributed by atoms with van der Waals surface area (Å²) in [6.45, 7) is 4.20. The Morgan fingerprint density at radius 3 is 2.82 bits per heavy atom. The molecule has 110 valence electrons. The standard InChI is InChI=1S/C18H16N2O2/c1-18(2)9-13-6-5-12(11-19)8-14(13)15(10-18)20-7-3-4-16(21)17(20)22/h3-8,10,21H,9H2,1-2H3. The Kier molecular flexibility index (Phi) is 3.14. The van der Waals surface area contributed by atoms with E-state index in [0.717, 1.165) is 17.5 Å². The predicted molar refractivity (Wildman–Crippen MR) is 84.4 cm³/mol. The molecule has 0 unspecified atom stereocenters. The second-order valence-corrected chi connectivity index (χ2v) is 6.25. The van der Waals surface area contributed by atoms with Crippen LogP contribution in [0.25, 0.3) is 5.70 Å². The Bertz CT molecular complexity index is 883. The summed E-state index contributed by atoms with van der Waals surface area (Å²) < 4.78 is 1.44. The maximum Gasteiger partial charge on any atom is 0.297 e. The van der Waals surface area contributed by atoms with Gasteiger partial charge in [-0.2, -0.15) is 5.26 Å². The zero-order valence-corrected chi connectivity index (χ0v) is 12.5. The van der Waals surface area contributed by atoms with Gasteiger partial charge in [-0.05, 0) is 41.7 Å². The summed E-state index contributed by atoms with van der Waals surface area (Å²) in [6, 6.07) is 10.7. The first kappa shape index (κ1) is 14.2. The molecule has 4 nitrogen and oxygen atoms in total. The number of fused-ring (bicyclic) bond motifs is 1. The van der Waals surface area contributed by atoms with E-state index in [9.17, 15) is 9.90 Å². The Hall–Kier alpha value is -2.80. The van der Waals surface area contributed by atoms with E-state index in [0.29, 0.717) is 11.3 Å². The van der Waals surface area contributed by atoms with Gasteiger partial charge in [-0.1, -0.05) is 26.0 Å². The number of aromatic nitrogens is 1. The third kappa shape index (κ3) is 2.31. The van der Waals surface area contributed by atoms with Crippen molar-refractivity contribution in [2.24, 2.45) is 5.41 Å². The highest BCUT2D eigenvalue weighted by Gasteiger charge is 2.27. The maximum atomic E-state index is 12.3.